The Bertz CT molecular complexity index is 1060. The van der Waals surface area contributed by atoms with Gasteiger partial charge in [0.15, 0.2) is 4.80 Å². The van der Waals surface area contributed by atoms with E-state index in [1.165, 1.54) is 14.2 Å². The number of amides is 1. The van der Waals surface area contributed by atoms with Crippen LogP contribution in [0, 0.1) is 0 Å². The number of carbonyl (C=O) groups is 3. The van der Waals surface area contributed by atoms with E-state index in [1.807, 2.05) is 0 Å². The molecule has 0 saturated heterocycles. The van der Waals surface area contributed by atoms with Gasteiger partial charge in [-0.05, 0) is 18.2 Å². The van der Waals surface area contributed by atoms with Gasteiger partial charge in [0.05, 0.1) is 29.5 Å². The zero-order chi connectivity index (χ0) is 20.2. The number of aromatic nitrogens is 1. The number of carbonyl (C=O) groups excluding carboxylic acids is 3. The van der Waals surface area contributed by atoms with Crippen LogP contribution in [-0.4, -0.2) is 56.6 Å². The molecule has 0 unspecified atom stereocenters. The molecule has 0 saturated carbocycles. The Labute approximate surface area is 159 Å². The molecule has 2 aromatic rings. The molecule has 0 radical (unpaired) electrons. The number of hydrogen-bond donors (Lipinski definition) is 0. The SMILES string of the molecule is COCCn1c(=NC(=O)CS(=O)(=O)C(C)=O)sc2cc(C(=O)OC)ccc21. The Morgan fingerprint density at radius 1 is 1.22 bits per heavy atom. The fourth-order valence-corrected chi connectivity index (χ4v) is 3.91. The van der Waals surface area contributed by atoms with Crippen molar-refractivity contribution >= 4 is 48.4 Å². The van der Waals surface area contributed by atoms with Crippen LogP contribution < -0.4 is 4.80 Å². The minimum Gasteiger partial charge on any atom is -0.465 e. The van der Waals surface area contributed by atoms with E-state index in [0.29, 0.717) is 28.9 Å². The summed E-state index contributed by atoms with van der Waals surface area (Å²) < 4.78 is 35.3. The van der Waals surface area contributed by atoms with E-state index in [4.69, 9.17) is 9.47 Å². The zero-order valence-corrected chi connectivity index (χ0v) is 16.6. The first kappa shape index (κ1) is 20.9. The summed E-state index contributed by atoms with van der Waals surface area (Å²) in [4.78, 5) is 38.9. The minimum absolute atomic E-state index is 0.243. The van der Waals surface area contributed by atoms with Crippen LogP contribution in [0.3, 0.4) is 0 Å². The van der Waals surface area contributed by atoms with E-state index in [2.05, 4.69) is 4.99 Å². The van der Waals surface area contributed by atoms with Crippen molar-refractivity contribution in [1.82, 2.24) is 4.57 Å². The number of benzene rings is 1. The Morgan fingerprint density at radius 3 is 2.52 bits per heavy atom. The smallest absolute Gasteiger partial charge is 0.337 e. The summed E-state index contributed by atoms with van der Waals surface area (Å²) in [7, 11) is -1.38. The van der Waals surface area contributed by atoms with Crippen molar-refractivity contribution in [3.8, 4) is 0 Å². The number of sulfone groups is 1. The van der Waals surface area contributed by atoms with Crippen molar-refractivity contribution in [2.75, 3.05) is 26.6 Å². The molecule has 0 N–H and O–H groups in total. The van der Waals surface area contributed by atoms with Gasteiger partial charge in [-0.1, -0.05) is 11.3 Å². The van der Waals surface area contributed by atoms with Gasteiger partial charge in [0.1, 0.15) is 5.75 Å². The lowest BCUT2D eigenvalue weighted by Crippen LogP contribution is -2.24. The van der Waals surface area contributed by atoms with Crippen LogP contribution in [0.15, 0.2) is 23.2 Å². The number of thiazole rings is 1. The lowest BCUT2D eigenvalue weighted by Gasteiger charge is -2.05. The number of fused-ring (bicyclic) bond motifs is 1. The topological polar surface area (TPSA) is 121 Å². The molecule has 1 heterocycles. The van der Waals surface area contributed by atoms with Gasteiger partial charge in [0.2, 0.25) is 15.0 Å². The molecule has 0 aliphatic rings. The summed E-state index contributed by atoms with van der Waals surface area (Å²) in [5.41, 5.74) is 1.04. The quantitative estimate of drug-likeness (QED) is 0.632. The van der Waals surface area contributed by atoms with E-state index >= 15 is 0 Å². The molecule has 0 atom stereocenters. The summed E-state index contributed by atoms with van der Waals surface area (Å²) in [6.07, 6.45) is 0. The second kappa shape index (κ2) is 8.55. The fraction of sp³-hybridized carbons (Fsp3) is 0.375. The third kappa shape index (κ3) is 4.87. The summed E-state index contributed by atoms with van der Waals surface area (Å²) in [5.74, 6) is -2.44. The van der Waals surface area contributed by atoms with Crippen LogP contribution in [0.1, 0.15) is 17.3 Å². The number of esters is 1. The molecule has 0 bridgehead atoms. The maximum atomic E-state index is 12.0. The number of hydrogen-bond acceptors (Lipinski definition) is 8. The van der Waals surface area contributed by atoms with Gasteiger partial charge in [-0.15, -0.1) is 0 Å². The van der Waals surface area contributed by atoms with Crippen molar-refractivity contribution in [2.45, 2.75) is 13.5 Å². The Morgan fingerprint density at radius 2 is 1.93 bits per heavy atom. The summed E-state index contributed by atoms with van der Waals surface area (Å²) in [6, 6.07) is 4.87. The van der Waals surface area contributed by atoms with E-state index in [-0.39, 0.29) is 4.80 Å². The Balaban J connectivity index is 2.54. The lowest BCUT2D eigenvalue weighted by atomic mass is 10.2. The monoisotopic (exact) mass is 414 g/mol. The predicted octanol–water partition coefficient (Wildman–Crippen LogP) is 0.524. The van der Waals surface area contributed by atoms with Gasteiger partial charge in [-0.3, -0.25) is 9.59 Å². The molecule has 2 rings (SSSR count). The maximum absolute atomic E-state index is 12.0. The highest BCUT2D eigenvalue weighted by atomic mass is 32.2. The molecule has 0 aliphatic carbocycles. The zero-order valence-electron chi connectivity index (χ0n) is 14.9. The van der Waals surface area contributed by atoms with Gasteiger partial charge >= 0.3 is 5.97 Å². The van der Waals surface area contributed by atoms with Crippen LogP contribution in [0.25, 0.3) is 10.2 Å². The van der Waals surface area contributed by atoms with Gasteiger partial charge in [0, 0.05) is 20.6 Å². The second-order valence-electron chi connectivity index (χ2n) is 5.46. The van der Waals surface area contributed by atoms with E-state index < -0.39 is 32.6 Å². The predicted molar refractivity (Wildman–Crippen MR) is 98.1 cm³/mol. The standard InChI is InChI=1S/C16H18N2O7S2/c1-10(19)27(22,23)9-14(20)17-16-18(6-7-24-2)12-5-4-11(15(21)25-3)8-13(12)26-16/h4-5,8H,6-7,9H2,1-3H3. The first-order valence-corrected chi connectivity index (χ1v) is 10.2. The largest absolute Gasteiger partial charge is 0.465 e. The summed E-state index contributed by atoms with van der Waals surface area (Å²) in [5, 5.41) is -1.09. The summed E-state index contributed by atoms with van der Waals surface area (Å²) in [6.45, 7) is 1.58. The Hall–Kier alpha value is -2.37. The third-order valence-electron chi connectivity index (χ3n) is 3.59. The van der Waals surface area contributed by atoms with Crippen molar-refractivity contribution in [1.29, 1.82) is 0 Å². The highest BCUT2D eigenvalue weighted by molar-refractivity contribution is 8.06. The number of nitrogens with zero attached hydrogens (tertiary/aromatic N) is 2. The molecule has 11 heteroatoms. The van der Waals surface area contributed by atoms with Crippen LogP contribution in [0.2, 0.25) is 0 Å². The van der Waals surface area contributed by atoms with Crippen LogP contribution in [0.4, 0.5) is 0 Å². The fourth-order valence-electron chi connectivity index (χ4n) is 2.21. The van der Waals surface area contributed by atoms with Crippen LogP contribution >= 0.6 is 11.3 Å². The molecule has 146 valence electrons. The molecule has 1 aromatic heterocycles. The molecule has 27 heavy (non-hydrogen) atoms. The van der Waals surface area contributed by atoms with Crippen molar-refractivity contribution in [3.05, 3.63) is 28.6 Å². The first-order valence-electron chi connectivity index (χ1n) is 7.71. The van der Waals surface area contributed by atoms with Crippen molar-refractivity contribution < 1.29 is 32.3 Å². The van der Waals surface area contributed by atoms with Crippen molar-refractivity contribution in [3.63, 3.8) is 0 Å². The first-order chi connectivity index (χ1) is 12.7. The second-order valence-corrected chi connectivity index (χ2v) is 8.56. The van der Waals surface area contributed by atoms with E-state index in [9.17, 15) is 22.8 Å². The molecule has 0 spiro atoms. The number of ether oxygens (including phenoxy) is 2. The molecule has 0 fully saturated rings. The van der Waals surface area contributed by atoms with Crippen molar-refractivity contribution in [2.24, 2.45) is 4.99 Å². The normalized spacial score (nSPS) is 12.3. The Kier molecular flexibility index (Phi) is 6.63. The number of rotatable bonds is 6. The molecular formula is C16H18N2O7S2. The molecule has 0 aliphatic heterocycles. The van der Waals surface area contributed by atoms with E-state index in [0.717, 1.165) is 18.3 Å². The van der Waals surface area contributed by atoms with Gasteiger partial charge in [-0.25, -0.2) is 13.2 Å². The average Bonchev–Trinajstić information content (AvgIpc) is 2.94. The average molecular weight is 414 g/mol. The van der Waals surface area contributed by atoms with E-state index in [1.54, 1.807) is 22.8 Å². The van der Waals surface area contributed by atoms with Gasteiger partial charge in [0.25, 0.3) is 5.91 Å². The molecule has 1 aromatic carbocycles. The maximum Gasteiger partial charge on any atom is 0.337 e. The highest BCUT2D eigenvalue weighted by Gasteiger charge is 2.22. The third-order valence-corrected chi connectivity index (χ3v) is 6.14. The molecule has 9 nitrogen and oxygen atoms in total. The molecule has 1 amide bonds. The summed E-state index contributed by atoms with van der Waals surface area (Å²) >= 11 is 1.11. The number of methoxy groups -OCH3 is 2. The lowest BCUT2D eigenvalue weighted by molar-refractivity contribution is -0.116. The minimum atomic E-state index is -4.17. The van der Waals surface area contributed by atoms with Crippen LogP contribution in [0.5, 0.6) is 0 Å². The highest BCUT2D eigenvalue weighted by Crippen LogP contribution is 2.20. The van der Waals surface area contributed by atoms with Gasteiger partial charge in [-0.2, -0.15) is 4.99 Å². The van der Waals surface area contributed by atoms with Crippen LogP contribution in [-0.2, 0) is 35.4 Å². The molecular weight excluding hydrogens is 396 g/mol. The van der Waals surface area contributed by atoms with Gasteiger partial charge < -0.3 is 14.0 Å².